The van der Waals surface area contributed by atoms with Crippen LogP contribution in [0.1, 0.15) is 16.8 Å². The van der Waals surface area contributed by atoms with Crippen molar-refractivity contribution in [3.63, 3.8) is 0 Å². The quantitative estimate of drug-likeness (QED) is 0.825. The Morgan fingerprint density at radius 2 is 2.20 bits per heavy atom. The van der Waals surface area contributed by atoms with Crippen molar-refractivity contribution in [1.29, 1.82) is 0 Å². The van der Waals surface area contributed by atoms with Crippen LogP contribution in [0.5, 0.6) is 0 Å². The standard InChI is InChI=1S/C12H14FN3O2S2/c1-2-8-6-15-12(19-8)7-16-20(17,18)9-3-4-11(14)10(13)5-9/h3-6,16H,2,7,14H2,1H3. The molecule has 0 aliphatic rings. The Kier molecular flexibility index (Phi) is 4.36. The van der Waals surface area contributed by atoms with Gasteiger partial charge in [0.2, 0.25) is 10.0 Å². The number of hydrogen-bond donors (Lipinski definition) is 2. The van der Waals surface area contributed by atoms with Gasteiger partial charge in [0.1, 0.15) is 10.8 Å². The highest BCUT2D eigenvalue weighted by atomic mass is 32.2. The number of hydrogen-bond acceptors (Lipinski definition) is 5. The number of rotatable bonds is 5. The van der Waals surface area contributed by atoms with Crippen molar-refractivity contribution >= 4 is 27.0 Å². The first kappa shape index (κ1) is 14.9. The third-order valence-corrected chi connectivity index (χ3v) is 5.19. The second kappa shape index (κ2) is 5.86. The Morgan fingerprint density at radius 3 is 2.80 bits per heavy atom. The van der Waals surface area contributed by atoms with Gasteiger partial charge in [-0.25, -0.2) is 22.5 Å². The molecule has 1 aromatic heterocycles. The van der Waals surface area contributed by atoms with E-state index in [1.807, 2.05) is 6.92 Å². The summed E-state index contributed by atoms with van der Waals surface area (Å²) in [6, 6.07) is 3.39. The van der Waals surface area contributed by atoms with Gasteiger partial charge < -0.3 is 5.73 Å². The molecule has 8 heteroatoms. The number of anilines is 1. The molecule has 20 heavy (non-hydrogen) atoms. The molecular formula is C12H14FN3O2S2. The van der Waals surface area contributed by atoms with Crippen LogP contribution in [0.3, 0.4) is 0 Å². The maximum Gasteiger partial charge on any atom is 0.241 e. The third kappa shape index (κ3) is 3.33. The highest BCUT2D eigenvalue weighted by Gasteiger charge is 2.16. The van der Waals surface area contributed by atoms with Crippen molar-refractivity contribution in [1.82, 2.24) is 9.71 Å². The summed E-state index contributed by atoms with van der Waals surface area (Å²) in [6.45, 7) is 2.08. The zero-order valence-corrected chi connectivity index (χ0v) is 12.4. The molecule has 0 atom stereocenters. The predicted octanol–water partition coefficient (Wildman–Crippen LogP) is 1.91. The molecule has 0 saturated carbocycles. The van der Waals surface area contributed by atoms with Gasteiger partial charge in [-0.05, 0) is 24.6 Å². The lowest BCUT2D eigenvalue weighted by molar-refractivity contribution is 0.577. The molecule has 0 bridgehead atoms. The summed E-state index contributed by atoms with van der Waals surface area (Å²) in [5, 5.41) is 0.668. The van der Waals surface area contributed by atoms with Gasteiger partial charge in [-0.3, -0.25) is 0 Å². The number of nitrogen functional groups attached to an aromatic ring is 1. The number of aryl methyl sites for hydroxylation is 1. The lowest BCUT2D eigenvalue weighted by atomic mass is 10.3. The smallest absolute Gasteiger partial charge is 0.241 e. The van der Waals surface area contributed by atoms with E-state index >= 15 is 0 Å². The van der Waals surface area contributed by atoms with Crippen LogP contribution in [0.25, 0.3) is 0 Å². The van der Waals surface area contributed by atoms with Crippen LogP contribution in [-0.2, 0) is 23.0 Å². The van der Waals surface area contributed by atoms with E-state index in [0.717, 1.165) is 17.4 Å². The van der Waals surface area contributed by atoms with Crippen LogP contribution >= 0.6 is 11.3 Å². The van der Waals surface area contributed by atoms with Crippen molar-refractivity contribution in [3.8, 4) is 0 Å². The fourth-order valence-corrected chi connectivity index (χ4v) is 3.40. The minimum Gasteiger partial charge on any atom is -0.396 e. The van der Waals surface area contributed by atoms with E-state index in [4.69, 9.17) is 5.73 Å². The number of nitrogens with zero attached hydrogens (tertiary/aromatic N) is 1. The average molecular weight is 315 g/mol. The van der Waals surface area contributed by atoms with Gasteiger partial charge in [0.25, 0.3) is 0 Å². The minimum absolute atomic E-state index is 0.0823. The molecular weight excluding hydrogens is 301 g/mol. The molecule has 0 aliphatic carbocycles. The van der Waals surface area contributed by atoms with Gasteiger partial charge in [0, 0.05) is 11.1 Å². The van der Waals surface area contributed by atoms with Crippen molar-refractivity contribution in [2.75, 3.05) is 5.73 Å². The summed E-state index contributed by atoms with van der Waals surface area (Å²) in [4.78, 5) is 5.04. The van der Waals surface area contributed by atoms with Gasteiger partial charge >= 0.3 is 0 Å². The van der Waals surface area contributed by atoms with E-state index in [-0.39, 0.29) is 17.1 Å². The summed E-state index contributed by atoms with van der Waals surface area (Å²) < 4.78 is 39.7. The molecule has 1 heterocycles. The van der Waals surface area contributed by atoms with Crippen LogP contribution < -0.4 is 10.5 Å². The van der Waals surface area contributed by atoms with Crippen molar-refractivity contribution < 1.29 is 12.8 Å². The summed E-state index contributed by atoms with van der Waals surface area (Å²) in [5.41, 5.74) is 5.23. The van der Waals surface area contributed by atoms with Crippen LogP contribution in [0.15, 0.2) is 29.3 Å². The van der Waals surface area contributed by atoms with Crippen molar-refractivity contribution in [3.05, 3.63) is 40.1 Å². The van der Waals surface area contributed by atoms with Gasteiger partial charge in [-0.2, -0.15) is 0 Å². The topological polar surface area (TPSA) is 85.1 Å². The Hall–Kier alpha value is -1.51. The van der Waals surface area contributed by atoms with E-state index in [1.165, 1.54) is 23.5 Å². The molecule has 0 saturated heterocycles. The van der Waals surface area contributed by atoms with Crippen LogP contribution in [0, 0.1) is 5.82 Å². The second-order valence-corrected chi connectivity index (χ2v) is 7.05. The van der Waals surface area contributed by atoms with Gasteiger partial charge in [0.05, 0.1) is 17.1 Å². The van der Waals surface area contributed by atoms with E-state index in [0.29, 0.717) is 5.01 Å². The Bertz CT molecular complexity index is 713. The van der Waals surface area contributed by atoms with Crippen LogP contribution in [-0.4, -0.2) is 13.4 Å². The molecule has 3 N–H and O–H groups in total. The maximum absolute atomic E-state index is 13.3. The molecule has 2 aromatic rings. The number of aromatic nitrogens is 1. The van der Waals surface area contributed by atoms with E-state index in [1.54, 1.807) is 6.20 Å². The molecule has 0 fully saturated rings. The third-order valence-electron chi connectivity index (χ3n) is 2.65. The molecule has 0 radical (unpaired) electrons. The Labute approximate surface area is 120 Å². The summed E-state index contributed by atoms with van der Waals surface area (Å²) in [5.74, 6) is -0.754. The van der Waals surface area contributed by atoms with Gasteiger partial charge in [0.15, 0.2) is 0 Å². The fourth-order valence-electron chi connectivity index (χ4n) is 1.51. The fraction of sp³-hybridized carbons (Fsp3) is 0.250. The maximum atomic E-state index is 13.3. The number of halogens is 1. The van der Waals surface area contributed by atoms with Crippen LogP contribution in [0.4, 0.5) is 10.1 Å². The summed E-state index contributed by atoms with van der Waals surface area (Å²) in [6.07, 6.45) is 2.57. The predicted molar refractivity (Wildman–Crippen MR) is 76.3 cm³/mol. The number of sulfonamides is 1. The summed E-state index contributed by atoms with van der Waals surface area (Å²) in [7, 11) is -3.77. The van der Waals surface area contributed by atoms with Crippen LogP contribution in [0.2, 0.25) is 0 Å². The summed E-state index contributed by atoms with van der Waals surface area (Å²) >= 11 is 1.44. The van der Waals surface area contributed by atoms with E-state index in [2.05, 4.69) is 9.71 Å². The van der Waals surface area contributed by atoms with Crippen molar-refractivity contribution in [2.45, 2.75) is 24.8 Å². The van der Waals surface area contributed by atoms with E-state index < -0.39 is 15.8 Å². The second-order valence-electron chi connectivity index (χ2n) is 4.08. The van der Waals surface area contributed by atoms with Gasteiger partial charge in [-0.1, -0.05) is 6.92 Å². The van der Waals surface area contributed by atoms with Crippen molar-refractivity contribution in [2.24, 2.45) is 0 Å². The molecule has 2 rings (SSSR count). The minimum atomic E-state index is -3.77. The molecule has 0 spiro atoms. The number of benzene rings is 1. The largest absolute Gasteiger partial charge is 0.396 e. The monoisotopic (exact) mass is 315 g/mol. The number of nitrogens with one attached hydrogen (secondary N) is 1. The molecule has 0 amide bonds. The Balaban J connectivity index is 2.12. The van der Waals surface area contributed by atoms with E-state index in [9.17, 15) is 12.8 Å². The lowest BCUT2D eigenvalue weighted by Crippen LogP contribution is -2.23. The van der Waals surface area contributed by atoms with Gasteiger partial charge in [-0.15, -0.1) is 11.3 Å². The molecule has 0 aliphatic heterocycles. The number of nitrogens with two attached hydrogens (primary N) is 1. The first-order valence-corrected chi connectivity index (χ1v) is 8.20. The normalized spacial score (nSPS) is 11.7. The first-order valence-electron chi connectivity index (χ1n) is 5.90. The molecule has 0 unspecified atom stereocenters. The highest BCUT2D eigenvalue weighted by Crippen LogP contribution is 2.17. The highest BCUT2D eigenvalue weighted by molar-refractivity contribution is 7.89. The zero-order valence-electron chi connectivity index (χ0n) is 10.8. The molecule has 5 nitrogen and oxygen atoms in total. The average Bonchev–Trinajstić information content (AvgIpc) is 2.87. The zero-order chi connectivity index (χ0) is 14.8. The lowest BCUT2D eigenvalue weighted by Gasteiger charge is -2.06. The number of thiazole rings is 1. The molecule has 1 aromatic carbocycles. The first-order chi connectivity index (χ1) is 9.42. The Morgan fingerprint density at radius 1 is 1.45 bits per heavy atom. The molecule has 108 valence electrons. The SMILES string of the molecule is CCc1cnc(CNS(=O)(=O)c2ccc(N)c(F)c2)s1.